The number of hydrogen-bond acceptors (Lipinski definition) is 2. The van der Waals surface area contributed by atoms with Gasteiger partial charge in [-0.05, 0) is 6.92 Å². The van der Waals surface area contributed by atoms with Crippen molar-refractivity contribution in [2.45, 2.75) is 25.6 Å². The number of halogens is 3. The highest BCUT2D eigenvalue weighted by Gasteiger charge is 2.38. The average Bonchev–Trinajstić information content (AvgIpc) is 2.04. The van der Waals surface area contributed by atoms with E-state index in [0.717, 1.165) is 6.92 Å². The van der Waals surface area contributed by atoms with Gasteiger partial charge in [-0.25, -0.2) is 0 Å². The Balaban J connectivity index is 2.44. The molecule has 0 amide bonds. The maximum Gasteiger partial charge on any atom is 0.425 e. The molecule has 0 spiro atoms. The third kappa shape index (κ3) is 3.08. The molecular formula is C8H10F3NO. The summed E-state index contributed by atoms with van der Waals surface area (Å²) < 4.78 is 40.6. The monoisotopic (exact) mass is 193 g/mol. The van der Waals surface area contributed by atoms with Crippen LogP contribution in [0, 0.1) is 0 Å². The number of alkyl halides is 3. The molecule has 0 aromatic carbocycles. The number of nitrogens with zero attached hydrogens (tertiary/aromatic N) is 1. The van der Waals surface area contributed by atoms with Crippen molar-refractivity contribution in [1.29, 1.82) is 0 Å². The van der Waals surface area contributed by atoms with Gasteiger partial charge in [-0.3, -0.25) is 4.99 Å². The van der Waals surface area contributed by atoms with E-state index in [1.807, 2.05) is 0 Å². The Bertz CT molecular complexity index is 232. The van der Waals surface area contributed by atoms with E-state index in [-0.39, 0.29) is 5.90 Å². The van der Waals surface area contributed by atoms with Crippen molar-refractivity contribution in [3.8, 4) is 0 Å². The molecule has 0 fully saturated rings. The fourth-order valence-electron chi connectivity index (χ4n) is 0.834. The van der Waals surface area contributed by atoms with E-state index in [0.29, 0.717) is 13.0 Å². The van der Waals surface area contributed by atoms with Gasteiger partial charge in [0.25, 0.3) is 0 Å². The minimum Gasteiger partial charge on any atom is -0.468 e. The van der Waals surface area contributed by atoms with Crippen LogP contribution in [0.4, 0.5) is 13.2 Å². The van der Waals surface area contributed by atoms with Crippen LogP contribution in [0.2, 0.25) is 0 Å². The molecule has 0 aromatic heterocycles. The van der Waals surface area contributed by atoms with Crippen molar-refractivity contribution in [2.24, 2.45) is 4.99 Å². The lowest BCUT2D eigenvalue weighted by atomic mass is 10.3. The first-order valence-corrected chi connectivity index (χ1v) is 3.92. The van der Waals surface area contributed by atoms with Crippen LogP contribution in [-0.4, -0.2) is 24.7 Å². The molecule has 74 valence electrons. The molecule has 5 heteroatoms. The fourth-order valence-corrected chi connectivity index (χ4v) is 0.834. The van der Waals surface area contributed by atoms with Crippen LogP contribution in [0.3, 0.4) is 0 Å². The van der Waals surface area contributed by atoms with E-state index in [9.17, 15) is 13.2 Å². The van der Waals surface area contributed by atoms with Gasteiger partial charge < -0.3 is 4.74 Å². The van der Waals surface area contributed by atoms with Crippen LogP contribution in [0.5, 0.6) is 0 Å². The molecular weight excluding hydrogens is 183 g/mol. The van der Waals surface area contributed by atoms with Gasteiger partial charge in [0, 0.05) is 6.42 Å². The first kappa shape index (κ1) is 10.1. The highest BCUT2D eigenvalue weighted by atomic mass is 19.4. The number of rotatable bonds is 1. The Kier molecular flexibility index (Phi) is 2.95. The lowest BCUT2D eigenvalue weighted by Crippen LogP contribution is -2.31. The molecule has 1 atom stereocenters. The molecule has 1 rings (SSSR count). The van der Waals surface area contributed by atoms with Gasteiger partial charge in [-0.1, -0.05) is 12.2 Å². The molecule has 0 saturated heterocycles. The van der Waals surface area contributed by atoms with Crippen molar-refractivity contribution in [1.82, 2.24) is 0 Å². The van der Waals surface area contributed by atoms with Crippen molar-refractivity contribution in [3.63, 3.8) is 0 Å². The number of dihydropyridines is 1. The quantitative estimate of drug-likeness (QED) is 0.585. The first-order chi connectivity index (χ1) is 6.00. The summed E-state index contributed by atoms with van der Waals surface area (Å²) in [5, 5.41) is 0. The van der Waals surface area contributed by atoms with Crippen molar-refractivity contribution >= 4 is 5.90 Å². The summed E-state index contributed by atoms with van der Waals surface area (Å²) in [6, 6.07) is 0. The number of hydrogen-bond donors (Lipinski definition) is 0. The Morgan fingerprint density at radius 1 is 1.46 bits per heavy atom. The molecule has 1 heterocycles. The lowest BCUT2D eigenvalue weighted by Gasteiger charge is -2.19. The average molecular weight is 193 g/mol. The predicted molar refractivity (Wildman–Crippen MR) is 42.7 cm³/mol. The molecule has 0 aromatic rings. The normalized spacial score (nSPS) is 19.5. The van der Waals surface area contributed by atoms with Crippen molar-refractivity contribution in [3.05, 3.63) is 12.2 Å². The van der Waals surface area contributed by atoms with Crippen LogP contribution in [0.25, 0.3) is 0 Å². The van der Waals surface area contributed by atoms with Gasteiger partial charge >= 0.3 is 6.18 Å². The van der Waals surface area contributed by atoms with Gasteiger partial charge in [-0.2, -0.15) is 13.2 Å². The molecule has 1 aliphatic heterocycles. The first-order valence-electron chi connectivity index (χ1n) is 3.92. The highest BCUT2D eigenvalue weighted by Crippen LogP contribution is 2.23. The molecule has 1 unspecified atom stereocenters. The van der Waals surface area contributed by atoms with Crippen LogP contribution < -0.4 is 0 Å². The lowest BCUT2D eigenvalue weighted by molar-refractivity contribution is -0.193. The maximum absolute atomic E-state index is 12.0. The van der Waals surface area contributed by atoms with Crippen molar-refractivity contribution in [2.75, 3.05) is 6.54 Å². The number of aliphatic imine (C=N–C) groups is 1. The molecule has 2 nitrogen and oxygen atoms in total. The summed E-state index contributed by atoms with van der Waals surface area (Å²) in [6.07, 6.45) is -2.22. The van der Waals surface area contributed by atoms with Crippen LogP contribution >= 0.6 is 0 Å². The Hall–Kier alpha value is -1.00. The predicted octanol–water partition coefficient (Wildman–Crippen LogP) is 2.31. The summed E-state index contributed by atoms with van der Waals surface area (Å²) in [7, 11) is 0. The number of ether oxygens (including phenoxy) is 1. The van der Waals surface area contributed by atoms with Gasteiger partial charge in [-0.15, -0.1) is 0 Å². The molecule has 0 N–H and O–H groups in total. The second kappa shape index (κ2) is 3.81. The van der Waals surface area contributed by atoms with Crippen LogP contribution in [-0.2, 0) is 4.74 Å². The molecule has 0 saturated carbocycles. The van der Waals surface area contributed by atoms with Crippen molar-refractivity contribution < 1.29 is 17.9 Å². The second-order valence-electron chi connectivity index (χ2n) is 2.71. The molecule has 1 aliphatic rings. The van der Waals surface area contributed by atoms with E-state index in [1.54, 1.807) is 12.2 Å². The zero-order valence-corrected chi connectivity index (χ0v) is 7.14. The van der Waals surface area contributed by atoms with E-state index >= 15 is 0 Å². The van der Waals surface area contributed by atoms with Gasteiger partial charge in [0.2, 0.25) is 0 Å². The molecule has 0 aliphatic carbocycles. The smallest absolute Gasteiger partial charge is 0.425 e. The van der Waals surface area contributed by atoms with Crippen LogP contribution in [0.1, 0.15) is 13.3 Å². The minimum atomic E-state index is -4.32. The summed E-state index contributed by atoms with van der Waals surface area (Å²) >= 11 is 0. The molecule has 0 bridgehead atoms. The summed E-state index contributed by atoms with van der Waals surface area (Å²) in [4.78, 5) is 3.79. The van der Waals surface area contributed by atoms with Gasteiger partial charge in [0.15, 0.2) is 12.0 Å². The SMILES string of the molecule is CC(OC1=NCC=CC1)C(F)(F)F. The summed E-state index contributed by atoms with van der Waals surface area (Å²) in [5.41, 5.74) is 0. The summed E-state index contributed by atoms with van der Waals surface area (Å²) in [6.45, 7) is 1.38. The Labute approximate surface area is 74.1 Å². The van der Waals surface area contributed by atoms with E-state index < -0.39 is 12.3 Å². The zero-order chi connectivity index (χ0) is 9.90. The van der Waals surface area contributed by atoms with Crippen LogP contribution in [0.15, 0.2) is 17.1 Å². The zero-order valence-electron chi connectivity index (χ0n) is 7.14. The second-order valence-corrected chi connectivity index (χ2v) is 2.71. The standard InChI is InChI=1S/C8H10F3NO/c1-6(8(9,10)11)13-7-4-2-3-5-12-7/h2-3,6H,4-5H2,1H3. The van der Waals surface area contributed by atoms with Gasteiger partial charge in [0.05, 0.1) is 6.54 Å². The third-order valence-corrected chi connectivity index (χ3v) is 1.61. The Morgan fingerprint density at radius 3 is 2.62 bits per heavy atom. The maximum atomic E-state index is 12.0. The largest absolute Gasteiger partial charge is 0.468 e. The molecule has 13 heavy (non-hydrogen) atoms. The minimum absolute atomic E-state index is 0.160. The topological polar surface area (TPSA) is 21.6 Å². The van der Waals surface area contributed by atoms with Gasteiger partial charge in [0.1, 0.15) is 0 Å². The summed E-state index contributed by atoms with van der Waals surface area (Å²) in [5.74, 6) is 0.160. The van der Waals surface area contributed by atoms with E-state index in [2.05, 4.69) is 9.73 Å². The fraction of sp³-hybridized carbons (Fsp3) is 0.625. The molecule has 0 radical (unpaired) electrons. The Morgan fingerprint density at radius 2 is 2.15 bits per heavy atom. The van der Waals surface area contributed by atoms with E-state index in [1.165, 1.54) is 0 Å². The highest BCUT2D eigenvalue weighted by molar-refractivity contribution is 5.78. The van der Waals surface area contributed by atoms with E-state index in [4.69, 9.17) is 0 Å². The third-order valence-electron chi connectivity index (χ3n) is 1.61.